The molecule has 0 saturated carbocycles. The third kappa shape index (κ3) is 3.93. The zero-order valence-electron chi connectivity index (χ0n) is 16.6. The zero-order chi connectivity index (χ0) is 20.7. The number of hydrogen-bond donors (Lipinski definition) is 0. The zero-order valence-corrected chi connectivity index (χ0v) is 16.6. The van der Waals surface area contributed by atoms with E-state index < -0.39 is 5.60 Å². The molecule has 0 aliphatic carbocycles. The second-order valence-electron chi connectivity index (χ2n) is 7.03. The van der Waals surface area contributed by atoms with Crippen LogP contribution in [0.25, 0.3) is 5.53 Å². The first kappa shape index (κ1) is 19.4. The van der Waals surface area contributed by atoms with Crippen LogP contribution in [0.15, 0.2) is 115 Å². The van der Waals surface area contributed by atoms with Crippen LogP contribution in [-0.2, 0) is 12.0 Å². The SMILES string of the molecule is [N-]=[N+]=CCc1ccc(OC(c2ccccc2)(c2ccccc2)c2ccccc2)cc1. The molecule has 4 aromatic carbocycles. The molecule has 0 saturated heterocycles. The Hall–Kier alpha value is -3.94. The fourth-order valence-electron chi connectivity index (χ4n) is 3.71. The monoisotopic (exact) mass is 390 g/mol. The summed E-state index contributed by atoms with van der Waals surface area (Å²) in [6.45, 7) is 0. The summed E-state index contributed by atoms with van der Waals surface area (Å²) in [5, 5.41) is 0. The molecule has 0 radical (unpaired) electrons. The molecule has 0 heterocycles. The third-order valence-electron chi connectivity index (χ3n) is 5.14. The molecule has 4 rings (SSSR count). The Morgan fingerprint density at radius 3 is 1.47 bits per heavy atom. The van der Waals surface area contributed by atoms with E-state index in [2.05, 4.69) is 41.2 Å². The average Bonchev–Trinajstić information content (AvgIpc) is 2.84. The molecule has 0 unspecified atom stereocenters. The van der Waals surface area contributed by atoms with Gasteiger partial charge in [-0.3, -0.25) is 0 Å². The Bertz CT molecular complexity index is 1020. The van der Waals surface area contributed by atoms with Gasteiger partial charge in [0.2, 0.25) is 0 Å². The fourth-order valence-corrected chi connectivity index (χ4v) is 3.71. The van der Waals surface area contributed by atoms with E-state index in [9.17, 15) is 0 Å². The second kappa shape index (κ2) is 9.04. The van der Waals surface area contributed by atoms with Crippen LogP contribution in [0.4, 0.5) is 0 Å². The van der Waals surface area contributed by atoms with Gasteiger partial charge in [-0.05, 0) is 17.7 Å². The Kier molecular flexibility index (Phi) is 5.84. The molecule has 0 N–H and O–H groups in total. The maximum atomic E-state index is 8.66. The number of benzene rings is 4. The van der Waals surface area contributed by atoms with Gasteiger partial charge in [0.05, 0.1) is 6.42 Å². The van der Waals surface area contributed by atoms with E-state index in [0.29, 0.717) is 6.42 Å². The quantitative estimate of drug-likeness (QED) is 0.168. The molecule has 3 heteroatoms. The van der Waals surface area contributed by atoms with Crippen molar-refractivity contribution in [3.63, 3.8) is 0 Å². The standard InChI is InChI=1S/C27H22N2O/c28-29-21-20-22-16-18-26(19-17-22)30-27(23-10-4-1-5-11-23,24-12-6-2-7-13-24)25-14-8-3-9-15-25/h1-19,21H,20H2. The Morgan fingerprint density at radius 2 is 1.07 bits per heavy atom. The minimum absolute atomic E-state index is 0.567. The van der Waals surface area contributed by atoms with Crippen LogP contribution in [-0.4, -0.2) is 11.0 Å². The summed E-state index contributed by atoms with van der Waals surface area (Å²) in [6, 6.07) is 38.8. The van der Waals surface area contributed by atoms with Crippen molar-refractivity contribution in [2.45, 2.75) is 12.0 Å². The molecule has 30 heavy (non-hydrogen) atoms. The smallest absolute Gasteiger partial charge is 0.261 e. The maximum Gasteiger partial charge on any atom is 0.261 e. The molecule has 0 fully saturated rings. The number of rotatable bonds is 7. The Morgan fingerprint density at radius 1 is 0.633 bits per heavy atom. The highest BCUT2D eigenvalue weighted by Crippen LogP contribution is 2.41. The molecule has 0 amide bonds. The lowest BCUT2D eigenvalue weighted by Gasteiger charge is -2.36. The van der Waals surface area contributed by atoms with Crippen LogP contribution in [0.5, 0.6) is 5.75 Å². The van der Waals surface area contributed by atoms with Gasteiger partial charge in [0.15, 0.2) is 5.60 Å². The molecular weight excluding hydrogens is 368 g/mol. The summed E-state index contributed by atoms with van der Waals surface area (Å²) < 4.78 is 6.84. The summed E-state index contributed by atoms with van der Waals surface area (Å²) in [5.41, 5.74) is 12.1. The third-order valence-corrected chi connectivity index (χ3v) is 5.14. The molecule has 0 atom stereocenters. The van der Waals surface area contributed by atoms with Gasteiger partial charge in [-0.2, -0.15) is 4.79 Å². The van der Waals surface area contributed by atoms with Gasteiger partial charge in [0.25, 0.3) is 6.21 Å². The molecular formula is C27H22N2O. The summed E-state index contributed by atoms with van der Waals surface area (Å²) in [5.74, 6) is 0.760. The van der Waals surface area contributed by atoms with Crippen molar-refractivity contribution in [1.29, 1.82) is 0 Å². The minimum Gasteiger partial charge on any atom is -0.473 e. The second-order valence-corrected chi connectivity index (χ2v) is 7.03. The van der Waals surface area contributed by atoms with E-state index in [0.717, 1.165) is 28.0 Å². The van der Waals surface area contributed by atoms with E-state index in [4.69, 9.17) is 10.3 Å². The first-order chi connectivity index (χ1) is 14.8. The molecule has 0 aliphatic rings. The molecule has 3 nitrogen and oxygen atoms in total. The van der Waals surface area contributed by atoms with Gasteiger partial charge in [-0.25, -0.2) is 0 Å². The summed E-state index contributed by atoms with van der Waals surface area (Å²) >= 11 is 0. The van der Waals surface area contributed by atoms with Crippen LogP contribution in [0.2, 0.25) is 0 Å². The number of nitrogens with zero attached hydrogens (tertiary/aromatic N) is 2. The number of ether oxygens (including phenoxy) is 1. The first-order valence-corrected chi connectivity index (χ1v) is 9.93. The van der Waals surface area contributed by atoms with Gasteiger partial charge < -0.3 is 10.3 Å². The van der Waals surface area contributed by atoms with Gasteiger partial charge >= 0.3 is 0 Å². The maximum absolute atomic E-state index is 8.66. The minimum atomic E-state index is -0.794. The Labute approximate surface area is 176 Å². The van der Waals surface area contributed by atoms with Crippen molar-refractivity contribution in [2.75, 3.05) is 0 Å². The highest BCUT2D eigenvalue weighted by Gasteiger charge is 2.38. The van der Waals surface area contributed by atoms with Crippen LogP contribution in [0, 0.1) is 0 Å². The van der Waals surface area contributed by atoms with Crippen molar-refractivity contribution in [2.24, 2.45) is 0 Å². The fraction of sp³-hybridized carbons (Fsp3) is 0.0741. The van der Waals surface area contributed by atoms with Crippen molar-refractivity contribution in [3.8, 4) is 5.75 Å². The lowest BCUT2D eigenvalue weighted by atomic mass is 9.80. The normalized spacial score (nSPS) is 10.8. The molecule has 0 spiro atoms. The molecule has 0 bridgehead atoms. The highest BCUT2D eigenvalue weighted by molar-refractivity contribution is 5.56. The van der Waals surface area contributed by atoms with E-state index in [1.807, 2.05) is 78.9 Å². The summed E-state index contributed by atoms with van der Waals surface area (Å²) in [4.78, 5) is 3.08. The van der Waals surface area contributed by atoms with Crippen molar-refractivity contribution < 1.29 is 9.53 Å². The first-order valence-electron chi connectivity index (χ1n) is 9.93. The molecule has 4 aromatic rings. The molecule has 146 valence electrons. The lowest BCUT2D eigenvalue weighted by molar-refractivity contribution is 0.00157. The van der Waals surface area contributed by atoms with Gasteiger partial charge in [0.1, 0.15) is 5.75 Å². The Balaban J connectivity index is 1.88. The van der Waals surface area contributed by atoms with Crippen LogP contribution >= 0.6 is 0 Å². The van der Waals surface area contributed by atoms with Crippen LogP contribution in [0.3, 0.4) is 0 Å². The summed E-state index contributed by atoms with van der Waals surface area (Å²) in [6.07, 6.45) is 2.04. The number of hydrogen-bond acceptors (Lipinski definition) is 1. The summed E-state index contributed by atoms with van der Waals surface area (Å²) in [7, 11) is 0. The van der Waals surface area contributed by atoms with Crippen molar-refractivity contribution in [1.82, 2.24) is 0 Å². The van der Waals surface area contributed by atoms with Crippen LogP contribution < -0.4 is 4.74 Å². The van der Waals surface area contributed by atoms with E-state index in [-0.39, 0.29) is 0 Å². The van der Waals surface area contributed by atoms with Crippen molar-refractivity contribution >= 4 is 6.21 Å². The molecule has 0 aliphatic heterocycles. The van der Waals surface area contributed by atoms with Crippen LogP contribution in [0.1, 0.15) is 22.3 Å². The van der Waals surface area contributed by atoms with E-state index in [1.54, 1.807) is 0 Å². The highest BCUT2D eigenvalue weighted by atomic mass is 16.5. The van der Waals surface area contributed by atoms with E-state index in [1.165, 1.54) is 6.21 Å². The predicted octanol–water partition coefficient (Wildman–Crippen LogP) is 5.90. The largest absolute Gasteiger partial charge is 0.473 e. The molecule has 0 aromatic heterocycles. The average molecular weight is 390 g/mol. The lowest BCUT2D eigenvalue weighted by Crippen LogP contribution is -2.36. The predicted molar refractivity (Wildman–Crippen MR) is 120 cm³/mol. The topological polar surface area (TPSA) is 45.6 Å². The van der Waals surface area contributed by atoms with Crippen molar-refractivity contribution in [3.05, 3.63) is 143 Å². The van der Waals surface area contributed by atoms with Gasteiger partial charge in [-0.1, -0.05) is 103 Å². The van der Waals surface area contributed by atoms with E-state index >= 15 is 0 Å². The van der Waals surface area contributed by atoms with Gasteiger partial charge in [-0.15, -0.1) is 0 Å². The van der Waals surface area contributed by atoms with Gasteiger partial charge in [0, 0.05) is 16.7 Å².